The topological polar surface area (TPSA) is 79.6 Å². The Hall–Kier alpha value is -0.850. The van der Waals surface area contributed by atoms with Gasteiger partial charge >= 0.3 is 6.03 Å². The molecule has 1 aliphatic carbocycles. The van der Waals surface area contributed by atoms with Crippen molar-refractivity contribution in [3.63, 3.8) is 0 Å². The molecule has 4 N–H and O–H groups in total. The van der Waals surface area contributed by atoms with Gasteiger partial charge < -0.3 is 26.0 Å². The molecule has 5 rings (SSSR count). The Labute approximate surface area is 132 Å². The van der Waals surface area contributed by atoms with Gasteiger partial charge in [0.2, 0.25) is 0 Å². The fourth-order valence-corrected chi connectivity index (χ4v) is 5.21. The van der Waals surface area contributed by atoms with E-state index in [9.17, 15) is 4.79 Å². The summed E-state index contributed by atoms with van der Waals surface area (Å²) in [5.41, 5.74) is 5.07. The van der Waals surface area contributed by atoms with Gasteiger partial charge in [0.25, 0.3) is 0 Å². The number of carbonyl (C=O) groups excluding carboxylic acids is 1. The van der Waals surface area contributed by atoms with E-state index in [1.165, 1.54) is 6.42 Å². The Morgan fingerprint density at radius 2 is 2.18 bits per heavy atom. The number of hydrogen-bond acceptors (Lipinski definition) is 4. The van der Waals surface area contributed by atoms with Gasteiger partial charge in [0.1, 0.15) is 0 Å². The molecular formula is C16H28N4O2. The molecule has 2 atom stereocenters. The first kappa shape index (κ1) is 14.7. The number of piperidine rings is 1. The van der Waals surface area contributed by atoms with Gasteiger partial charge in [-0.05, 0) is 32.6 Å². The molecule has 5 aliphatic rings. The van der Waals surface area contributed by atoms with Crippen LogP contribution in [-0.4, -0.2) is 59.9 Å². The van der Waals surface area contributed by atoms with Crippen LogP contribution < -0.4 is 16.4 Å². The van der Waals surface area contributed by atoms with E-state index in [0.717, 1.165) is 38.9 Å². The predicted octanol–water partition coefficient (Wildman–Crippen LogP) is 0.419. The molecule has 1 saturated carbocycles. The van der Waals surface area contributed by atoms with Crippen LogP contribution in [0.15, 0.2) is 0 Å². The van der Waals surface area contributed by atoms with Crippen molar-refractivity contribution in [2.24, 2.45) is 11.7 Å². The van der Waals surface area contributed by atoms with E-state index in [0.29, 0.717) is 18.5 Å². The van der Waals surface area contributed by atoms with Crippen molar-refractivity contribution in [3.05, 3.63) is 0 Å². The van der Waals surface area contributed by atoms with Gasteiger partial charge in [-0.2, -0.15) is 0 Å². The number of nitrogens with zero attached hydrogens (tertiary/aromatic N) is 1. The SMILES string of the molecule is CC1(C)OC2(CN)CC1(NC(=O)N1CCC[C@H]3CNC[C@H]31)C2. The lowest BCUT2D eigenvalue weighted by molar-refractivity contribution is -0.0488. The summed E-state index contributed by atoms with van der Waals surface area (Å²) in [6, 6.07) is 0.442. The third kappa shape index (κ3) is 1.87. The number of likely N-dealkylation sites (tertiary alicyclic amines) is 1. The van der Waals surface area contributed by atoms with E-state index in [1.807, 2.05) is 0 Å². The molecule has 2 bridgehead atoms. The first-order valence-electron chi connectivity index (χ1n) is 8.60. The predicted molar refractivity (Wildman–Crippen MR) is 83.5 cm³/mol. The van der Waals surface area contributed by atoms with Crippen molar-refractivity contribution >= 4 is 6.03 Å². The molecule has 4 aliphatic heterocycles. The number of fused-ring (bicyclic) bond motifs is 2. The second-order valence-electron chi connectivity index (χ2n) is 8.19. The first-order chi connectivity index (χ1) is 10.4. The molecule has 0 aromatic rings. The van der Waals surface area contributed by atoms with Crippen molar-refractivity contribution in [1.82, 2.24) is 15.5 Å². The highest BCUT2D eigenvalue weighted by atomic mass is 16.5. The highest BCUT2D eigenvalue weighted by Crippen LogP contribution is 2.60. The van der Waals surface area contributed by atoms with E-state index in [1.54, 1.807) is 0 Å². The van der Waals surface area contributed by atoms with Crippen LogP contribution in [0.2, 0.25) is 0 Å². The number of amides is 2. The van der Waals surface area contributed by atoms with Gasteiger partial charge in [-0.1, -0.05) is 0 Å². The largest absolute Gasteiger partial charge is 0.365 e. The Balaban J connectivity index is 1.48. The summed E-state index contributed by atoms with van der Waals surface area (Å²) in [6.45, 7) is 7.53. The first-order valence-corrected chi connectivity index (χ1v) is 8.60. The zero-order chi connectivity index (χ0) is 15.6. The minimum atomic E-state index is -0.342. The quantitative estimate of drug-likeness (QED) is 0.691. The van der Waals surface area contributed by atoms with Gasteiger partial charge in [0.05, 0.1) is 16.7 Å². The molecule has 0 aromatic heterocycles. The van der Waals surface area contributed by atoms with Crippen LogP contribution in [0.1, 0.15) is 39.5 Å². The summed E-state index contributed by atoms with van der Waals surface area (Å²) in [4.78, 5) is 15.0. The molecule has 6 nitrogen and oxygen atoms in total. The summed E-state index contributed by atoms with van der Waals surface area (Å²) in [5, 5.41) is 6.76. The Morgan fingerprint density at radius 3 is 2.86 bits per heavy atom. The van der Waals surface area contributed by atoms with Gasteiger partial charge in [-0.15, -0.1) is 0 Å². The summed E-state index contributed by atoms with van der Waals surface area (Å²) in [5.74, 6) is 0.620. The van der Waals surface area contributed by atoms with Gasteiger partial charge in [0.15, 0.2) is 0 Å². The van der Waals surface area contributed by atoms with Crippen molar-refractivity contribution < 1.29 is 9.53 Å². The lowest BCUT2D eigenvalue weighted by Crippen LogP contribution is -2.68. The molecule has 22 heavy (non-hydrogen) atoms. The molecule has 124 valence electrons. The highest BCUT2D eigenvalue weighted by molar-refractivity contribution is 5.76. The minimum Gasteiger partial charge on any atom is -0.365 e. The van der Waals surface area contributed by atoms with Crippen LogP contribution in [0.25, 0.3) is 0 Å². The number of nitrogens with one attached hydrogen (secondary N) is 2. The zero-order valence-corrected chi connectivity index (χ0v) is 13.7. The van der Waals surface area contributed by atoms with Crippen molar-refractivity contribution in [1.29, 1.82) is 0 Å². The van der Waals surface area contributed by atoms with Gasteiger partial charge in [0, 0.05) is 45.1 Å². The summed E-state index contributed by atoms with van der Waals surface area (Å²) in [6.07, 6.45) is 4.03. The molecule has 4 saturated heterocycles. The molecule has 0 radical (unpaired) electrons. The van der Waals surface area contributed by atoms with E-state index in [4.69, 9.17) is 10.5 Å². The zero-order valence-electron chi connectivity index (χ0n) is 13.7. The second-order valence-corrected chi connectivity index (χ2v) is 8.19. The van der Waals surface area contributed by atoms with Crippen LogP contribution in [0.4, 0.5) is 4.79 Å². The second kappa shape index (κ2) is 4.58. The van der Waals surface area contributed by atoms with E-state index < -0.39 is 0 Å². The van der Waals surface area contributed by atoms with Crippen molar-refractivity contribution in [2.75, 3.05) is 26.2 Å². The van der Waals surface area contributed by atoms with Gasteiger partial charge in [-0.3, -0.25) is 0 Å². The number of nitrogens with two attached hydrogens (primary N) is 1. The summed E-state index contributed by atoms with van der Waals surface area (Å²) >= 11 is 0. The Kier molecular flexibility index (Phi) is 3.07. The normalized spacial score (nSPS) is 45.3. The molecule has 0 aromatic carbocycles. The average molecular weight is 308 g/mol. The van der Waals surface area contributed by atoms with E-state index in [2.05, 4.69) is 29.4 Å². The van der Waals surface area contributed by atoms with Crippen molar-refractivity contribution in [3.8, 4) is 0 Å². The molecular weight excluding hydrogens is 280 g/mol. The number of rotatable bonds is 2. The van der Waals surface area contributed by atoms with E-state index in [-0.39, 0.29) is 22.8 Å². The molecule has 5 fully saturated rings. The van der Waals surface area contributed by atoms with E-state index >= 15 is 0 Å². The maximum Gasteiger partial charge on any atom is 0.318 e. The molecule has 4 heterocycles. The summed E-state index contributed by atoms with van der Waals surface area (Å²) in [7, 11) is 0. The smallest absolute Gasteiger partial charge is 0.318 e. The Bertz CT molecular complexity index is 487. The number of urea groups is 1. The van der Waals surface area contributed by atoms with Crippen LogP contribution in [0.3, 0.4) is 0 Å². The Morgan fingerprint density at radius 1 is 1.41 bits per heavy atom. The fraction of sp³-hybridized carbons (Fsp3) is 0.938. The van der Waals surface area contributed by atoms with Gasteiger partial charge in [-0.25, -0.2) is 4.79 Å². The average Bonchev–Trinajstić information content (AvgIpc) is 3.04. The maximum absolute atomic E-state index is 12.9. The standard InChI is InChI=1S/C16H28N4O2/c1-14(2)16(8-15(9-16,10-17)22-14)19-13(21)20-5-3-4-11-6-18-7-12(11)20/h11-12,18H,3-10,17H2,1-2H3,(H,19,21)/t11-,12+,15?,16?/m0/s1. The monoisotopic (exact) mass is 308 g/mol. The van der Waals surface area contributed by atoms with Crippen LogP contribution in [-0.2, 0) is 4.74 Å². The lowest BCUT2D eigenvalue weighted by atomic mass is 9.62. The number of ether oxygens (including phenoxy) is 1. The molecule has 0 spiro atoms. The van der Waals surface area contributed by atoms with Crippen LogP contribution >= 0.6 is 0 Å². The number of hydrogen-bond donors (Lipinski definition) is 3. The van der Waals surface area contributed by atoms with Crippen LogP contribution in [0, 0.1) is 5.92 Å². The third-order valence-corrected chi connectivity index (χ3v) is 6.53. The highest BCUT2D eigenvalue weighted by Gasteiger charge is 2.71. The third-order valence-electron chi connectivity index (χ3n) is 6.53. The molecule has 0 unspecified atom stereocenters. The minimum absolute atomic E-state index is 0.0857. The fourth-order valence-electron chi connectivity index (χ4n) is 5.21. The molecule has 6 heteroatoms. The van der Waals surface area contributed by atoms with Crippen molar-refractivity contribution in [2.45, 2.75) is 62.3 Å². The lowest BCUT2D eigenvalue weighted by Gasteiger charge is -2.48. The molecule has 2 amide bonds. The number of carbonyl (C=O) groups is 1. The summed E-state index contributed by atoms with van der Waals surface area (Å²) < 4.78 is 6.17. The maximum atomic E-state index is 12.9. The van der Waals surface area contributed by atoms with Crippen LogP contribution in [0.5, 0.6) is 0 Å².